The fourth-order valence-electron chi connectivity index (χ4n) is 5.04. The predicted octanol–water partition coefficient (Wildman–Crippen LogP) is 3.23. The molecule has 236 valence electrons. The summed E-state index contributed by atoms with van der Waals surface area (Å²) in [5, 5.41) is 19.2. The van der Waals surface area contributed by atoms with Gasteiger partial charge in [-0.15, -0.1) is 0 Å². The van der Waals surface area contributed by atoms with Gasteiger partial charge in [0.1, 0.15) is 6.10 Å². The molecule has 0 spiro atoms. The van der Waals surface area contributed by atoms with Crippen molar-refractivity contribution in [1.29, 1.82) is 0 Å². The van der Waals surface area contributed by atoms with Gasteiger partial charge in [0.05, 0.1) is 23.2 Å². The first-order valence-electron chi connectivity index (χ1n) is 14.1. The van der Waals surface area contributed by atoms with Crippen LogP contribution in [-0.2, 0) is 28.6 Å². The van der Waals surface area contributed by atoms with Crippen LogP contribution in [0.1, 0.15) is 54.4 Å². The number of hydrogen-bond donors (Lipinski definition) is 4. The van der Waals surface area contributed by atoms with Crippen LogP contribution < -0.4 is 16.4 Å². The highest BCUT2D eigenvalue weighted by molar-refractivity contribution is 6.23. The summed E-state index contributed by atoms with van der Waals surface area (Å²) >= 11 is 0. The van der Waals surface area contributed by atoms with Crippen molar-refractivity contribution in [3.05, 3.63) is 58.5 Å². The number of Topliss-reactive ketones (excluding diaryl/α,β-unsaturated/α-hetero) is 1. The van der Waals surface area contributed by atoms with Crippen molar-refractivity contribution in [2.45, 2.75) is 78.7 Å². The first-order valence-corrected chi connectivity index (χ1v) is 14.1. The van der Waals surface area contributed by atoms with E-state index in [1.165, 1.54) is 20.3 Å². The van der Waals surface area contributed by atoms with Crippen LogP contribution in [0, 0.1) is 11.8 Å². The summed E-state index contributed by atoms with van der Waals surface area (Å²) in [6, 6.07) is -0.123. The number of nitrogens with zero attached hydrogens (tertiary/aromatic N) is 1. The Morgan fingerprint density at radius 3 is 2.40 bits per heavy atom. The van der Waals surface area contributed by atoms with E-state index in [4.69, 9.17) is 19.9 Å². The number of oxime groups is 1. The zero-order chi connectivity index (χ0) is 32.4. The highest BCUT2D eigenvalue weighted by atomic mass is 16.6. The minimum absolute atomic E-state index is 0.123. The largest absolute Gasteiger partial charge is 0.439 e. The summed E-state index contributed by atoms with van der Waals surface area (Å²) in [7, 11) is 2.91. The van der Waals surface area contributed by atoms with Gasteiger partial charge in [0.15, 0.2) is 6.10 Å². The number of carbonyl (C=O) groups excluding carboxylic acids is 4. The van der Waals surface area contributed by atoms with E-state index < -0.39 is 47.8 Å². The molecule has 0 saturated heterocycles. The SMILES string of the molecule is CO[C@H]1C[C@H](C)CC2=C(NC(C)C)C(=O)C=C(NC(=O)/C(C)=C/C=C\[C@H](OC)[C@@H](OC(N)=O)/C(C)=C/[C@H](C)/C1=N/O)C2=O. The van der Waals surface area contributed by atoms with Crippen LogP contribution in [0.4, 0.5) is 4.79 Å². The third kappa shape index (κ3) is 9.48. The number of primary amides is 1. The van der Waals surface area contributed by atoms with Gasteiger partial charge in [-0.05, 0) is 52.0 Å². The molecule has 5 N–H and O–H groups in total. The highest BCUT2D eigenvalue weighted by Gasteiger charge is 2.33. The molecule has 2 aliphatic rings. The quantitative estimate of drug-likeness (QED) is 0.160. The Morgan fingerprint density at radius 2 is 1.84 bits per heavy atom. The maximum atomic E-state index is 13.6. The zero-order valence-corrected chi connectivity index (χ0v) is 26.1. The zero-order valence-electron chi connectivity index (χ0n) is 26.1. The Morgan fingerprint density at radius 1 is 1.16 bits per heavy atom. The van der Waals surface area contributed by atoms with E-state index in [0.29, 0.717) is 17.7 Å². The molecule has 1 aliphatic carbocycles. The van der Waals surface area contributed by atoms with Crippen molar-refractivity contribution in [2.75, 3.05) is 14.2 Å². The molecular weight excluding hydrogens is 556 g/mol. The number of nitrogens with two attached hydrogens (primary N) is 1. The van der Waals surface area contributed by atoms with Gasteiger partial charge >= 0.3 is 6.09 Å². The molecule has 43 heavy (non-hydrogen) atoms. The Bertz CT molecular complexity index is 1270. The smallest absolute Gasteiger partial charge is 0.405 e. The maximum Gasteiger partial charge on any atom is 0.405 e. The lowest BCUT2D eigenvalue weighted by Crippen LogP contribution is -2.38. The molecule has 1 heterocycles. The van der Waals surface area contributed by atoms with Gasteiger partial charge in [-0.2, -0.15) is 0 Å². The van der Waals surface area contributed by atoms with Crippen molar-refractivity contribution in [3.63, 3.8) is 0 Å². The van der Waals surface area contributed by atoms with Crippen molar-refractivity contribution in [1.82, 2.24) is 10.6 Å². The van der Waals surface area contributed by atoms with E-state index >= 15 is 0 Å². The van der Waals surface area contributed by atoms with Crippen LogP contribution >= 0.6 is 0 Å². The van der Waals surface area contributed by atoms with Crippen LogP contribution in [0.25, 0.3) is 0 Å². The number of methoxy groups -OCH3 is 2. The number of ether oxygens (including phenoxy) is 3. The van der Waals surface area contributed by atoms with Gasteiger partial charge in [0.25, 0.3) is 5.91 Å². The summed E-state index contributed by atoms with van der Waals surface area (Å²) in [4.78, 5) is 51.5. The van der Waals surface area contributed by atoms with Crippen LogP contribution in [0.3, 0.4) is 0 Å². The second-order valence-corrected chi connectivity index (χ2v) is 11.1. The molecule has 1 aliphatic heterocycles. The topological polar surface area (TPSA) is 179 Å². The van der Waals surface area contributed by atoms with E-state index in [-0.39, 0.29) is 40.9 Å². The van der Waals surface area contributed by atoms with Gasteiger partial charge in [-0.25, -0.2) is 4.79 Å². The number of rotatable bonds is 5. The van der Waals surface area contributed by atoms with Crippen molar-refractivity contribution >= 4 is 29.3 Å². The molecule has 0 unspecified atom stereocenters. The van der Waals surface area contributed by atoms with E-state index in [2.05, 4.69) is 15.8 Å². The lowest BCUT2D eigenvalue weighted by molar-refractivity contribution is -0.120. The molecule has 2 bridgehead atoms. The van der Waals surface area contributed by atoms with Crippen molar-refractivity contribution in [2.24, 2.45) is 22.7 Å². The molecule has 0 fully saturated rings. The van der Waals surface area contributed by atoms with Gasteiger partial charge in [-0.1, -0.05) is 43.3 Å². The fraction of sp³-hybridized carbons (Fsp3) is 0.516. The molecule has 12 heteroatoms. The molecular formula is C31H44N4O8. The summed E-state index contributed by atoms with van der Waals surface area (Å²) in [5.41, 5.74) is 6.79. The average Bonchev–Trinajstić information content (AvgIpc) is 2.93. The van der Waals surface area contributed by atoms with Crippen LogP contribution in [-0.4, -0.2) is 73.1 Å². The predicted molar refractivity (Wildman–Crippen MR) is 161 cm³/mol. The molecule has 2 amide bonds. The number of allylic oxidation sites excluding steroid dienone is 5. The monoisotopic (exact) mass is 600 g/mol. The maximum absolute atomic E-state index is 13.6. The molecule has 5 atom stereocenters. The normalized spacial score (nSPS) is 30.6. The number of carbonyl (C=O) groups is 4. The highest BCUT2D eigenvalue weighted by Crippen LogP contribution is 2.28. The Balaban J connectivity index is 2.69. The van der Waals surface area contributed by atoms with Crippen LogP contribution in [0.2, 0.25) is 0 Å². The Kier molecular flexibility index (Phi) is 13.1. The fourth-order valence-corrected chi connectivity index (χ4v) is 5.04. The second-order valence-electron chi connectivity index (χ2n) is 11.1. The Labute approximate surface area is 252 Å². The first-order chi connectivity index (χ1) is 20.2. The van der Waals surface area contributed by atoms with E-state index in [1.54, 1.807) is 39.0 Å². The van der Waals surface area contributed by atoms with Gasteiger partial charge in [0.2, 0.25) is 11.6 Å². The number of nitrogens with one attached hydrogen (secondary N) is 2. The minimum atomic E-state index is -1.01. The Hall–Kier alpha value is -4.03. The molecule has 0 aromatic heterocycles. The lowest BCUT2D eigenvalue weighted by Gasteiger charge is -2.27. The van der Waals surface area contributed by atoms with Crippen LogP contribution in [0.15, 0.2) is 63.6 Å². The van der Waals surface area contributed by atoms with Gasteiger partial charge in [0, 0.05) is 43.4 Å². The number of fused-ring (bicyclic) bond motifs is 2. The molecule has 12 nitrogen and oxygen atoms in total. The molecule has 0 aromatic rings. The molecule has 0 radical (unpaired) electrons. The lowest BCUT2D eigenvalue weighted by atomic mass is 9.85. The first kappa shape index (κ1) is 35.2. The van der Waals surface area contributed by atoms with Crippen molar-refractivity contribution in [3.8, 4) is 0 Å². The van der Waals surface area contributed by atoms with Gasteiger partial charge in [-0.3, -0.25) is 14.4 Å². The van der Waals surface area contributed by atoms with Crippen LogP contribution in [0.5, 0.6) is 0 Å². The average molecular weight is 601 g/mol. The minimum Gasteiger partial charge on any atom is -0.439 e. The summed E-state index contributed by atoms with van der Waals surface area (Å²) in [6.07, 6.45) is 4.65. The number of ketones is 2. The van der Waals surface area contributed by atoms with E-state index in [9.17, 15) is 24.4 Å². The summed E-state index contributed by atoms with van der Waals surface area (Å²) in [5.74, 6) is -2.15. The molecule has 0 aromatic carbocycles. The van der Waals surface area contributed by atoms with E-state index in [0.717, 1.165) is 6.08 Å². The third-order valence-corrected chi connectivity index (χ3v) is 7.17. The van der Waals surface area contributed by atoms with Crippen molar-refractivity contribution < 1.29 is 38.6 Å². The van der Waals surface area contributed by atoms with Gasteiger partial charge < -0.3 is 35.8 Å². The summed E-state index contributed by atoms with van der Waals surface area (Å²) in [6.45, 7) is 10.7. The number of amides is 2. The molecule has 0 saturated carbocycles. The second kappa shape index (κ2) is 16.0. The number of hydrogen-bond acceptors (Lipinski definition) is 10. The summed E-state index contributed by atoms with van der Waals surface area (Å²) < 4.78 is 16.7. The third-order valence-electron chi connectivity index (χ3n) is 7.17. The van der Waals surface area contributed by atoms with E-state index in [1.807, 2.05) is 20.8 Å². The standard InChI is InChI=1S/C31H44N4O8/c1-16(2)33-27-21-12-17(3)13-25(42-8)26(35-40)19(5)14-20(6)29(43-31(32)39)24(41-7)11-9-10-18(4)30(38)34-22(28(21)37)15-23(27)36/h9-11,14-17,19,24-25,29,33,40H,12-13H2,1-8H3,(H2,32,39)(H,34,38)/b11-9-,18-10+,20-14+,35-26-/t17-,19+,24+,25+,29+/m1/s1. The molecule has 2 rings (SSSR count).